The Bertz CT molecular complexity index is 1150. The van der Waals surface area contributed by atoms with Crippen LogP contribution in [0.1, 0.15) is 35.2 Å². The maximum absolute atomic E-state index is 14.7. The van der Waals surface area contributed by atoms with Crippen molar-refractivity contribution in [2.24, 2.45) is 0 Å². The van der Waals surface area contributed by atoms with Gasteiger partial charge in [0.05, 0.1) is 11.6 Å². The fraction of sp³-hybridized carbons (Fsp3) is 0.280. The first-order valence-electron chi connectivity index (χ1n) is 10.6. The molecule has 0 aliphatic heterocycles. The third-order valence-corrected chi connectivity index (χ3v) is 5.27. The van der Waals surface area contributed by atoms with E-state index in [1.165, 1.54) is 18.2 Å². The van der Waals surface area contributed by atoms with Crippen LogP contribution in [0.4, 0.5) is 30.7 Å². The van der Waals surface area contributed by atoms with Crippen LogP contribution >= 0.6 is 0 Å². The molecule has 0 fully saturated rings. The summed E-state index contributed by atoms with van der Waals surface area (Å²) in [5.74, 6) is -0.480. The summed E-state index contributed by atoms with van der Waals surface area (Å²) in [6, 6.07) is 13.7. The Labute approximate surface area is 197 Å². The predicted octanol–water partition coefficient (Wildman–Crippen LogP) is 6.80. The van der Waals surface area contributed by atoms with E-state index in [4.69, 9.17) is 4.74 Å². The minimum Gasteiger partial charge on any atom is -0.457 e. The average molecular weight is 501 g/mol. The number of benzene rings is 3. The van der Waals surface area contributed by atoms with Crippen molar-refractivity contribution in [3.05, 3.63) is 94.8 Å². The van der Waals surface area contributed by atoms with Crippen LogP contribution in [0.3, 0.4) is 0 Å². The molecule has 0 amide bonds. The van der Waals surface area contributed by atoms with E-state index in [-0.39, 0.29) is 22.9 Å². The van der Waals surface area contributed by atoms with Crippen molar-refractivity contribution in [2.45, 2.75) is 37.8 Å². The summed E-state index contributed by atoms with van der Waals surface area (Å²) in [5, 5.41) is 11.8. The number of nitrogens with one attached hydrogen (secondary N) is 1. The zero-order chi connectivity index (χ0) is 25.8. The third kappa shape index (κ3) is 6.95. The van der Waals surface area contributed by atoms with E-state index in [1.54, 1.807) is 24.3 Å². The smallest absolute Gasteiger partial charge is 0.416 e. The van der Waals surface area contributed by atoms with Crippen LogP contribution in [0.15, 0.2) is 66.7 Å². The van der Waals surface area contributed by atoms with Crippen LogP contribution in [-0.4, -0.2) is 23.9 Å². The summed E-state index contributed by atoms with van der Waals surface area (Å²) >= 11 is 0. The Hall–Kier alpha value is -3.11. The molecule has 3 nitrogen and oxygen atoms in total. The number of ether oxygens (including phenoxy) is 1. The second kappa shape index (κ2) is 10.7. The van der Waals surface area contributed by atoms with Crippen LogP contribution in [0.2, 0.25) is 0 Å². The number of aliphatic hydroxyl groups is 1. The lowest BCUT2D eigenvalue weighted by Gasteiger charge is -2.24. The zero-order valence-corrected chi connectivity index (χ0v) is 18.4. The minimum atomic E-state index is -4.94. The highest BCUT2D eigenvalue weighted by atomic mass is 19.4. The molecular formula is C25H22F7NO2. The van der Waals surface area contributed by atoms with Gasteiger partial charge in [-0.05, 0) is 53.9 Å². The van der Waals surface area contributed by atoms with Crippen LogP contribution in [-0.2, 0) is 12.6 Å². The lowest BCUT2D eigenvalue weighted by molar-refractivity contribution is -0.202. The summed E-state index contributed by atoms with van der Waals surface area (Å²) < 4.78 is 97.9. The molecule has 188 valence electrons. The van der Waals surface area contributed by atoms with Gasteiger partial charge in [-0.2, -0.15) is 26.3 Å². The van der Waals surface area contributed by atoms with E-state index in [1.807, 2.05) is 13.0 Å². The van der Waals surface area contributed by atoms with Crippen molar-refractivity contribution in [3.8, 4) is 11.5 Å². The first-order chi connectivity index (χ1) is 16.4. The summed E-state index contributed by atoms with van der Waals surface area (Å²) in [6.45, 7) is 0.947. The van der Waals surface area contributed by atoms with E-state index in [2.05, 4.69) is 5.32 Å². The summed E-state index contributed by atoms with van der Waals surface area (Å²) in [6.07, 6.45) is -11.7. The normalized spacial score (nSPS) is 14.0. The minimum absolute atomic E-state index is 0.224. The molecule has 3 aromatic carbocycles. The van der Waals surface area contributed by atoms with Gasteiger partial charge in [0.1, 0.15) is 17.3 Å². The molecule has 10 heteroatoms. The summed E-state index contributed by atoms with van der Waals surface area (Å²) in [4.78, 5) is 0. The van der Waals surface area contributed by atoms with E-state index in [0.717, 1.165) is 18.1 Å². The molecule has 2 unspecified atom stereocenters. The van der Waals surface area contributed by atoms with Crippen molar-refractivity contribution < 1.29 is 40.6 Å². The molecule has 2 atom stereocenters. The molecule has 0 saturated heterocycles. The fourth-order valence-electron chi connectivity index (χ4n) is 3.41. The number of hydrogen-bond acceptors (Lipinski definition) is 3. The molecule has 0 saturated carbocycles. The maximum atomic E-state index is 14.7. The quantitative estimate of drug-likeness (QED) is 0.334. The molecule has 0 aliphatic rings. The molecule has 0 spiro atoms. The number of hydrogen-bond donors (Lipinski definition) is 2. The highest BCUT2D eigenvalue weighted by molar-refractivity contribution is 5.41. The van der Waals surface area contributed by atoms with Crippen molar-refractivity contribution >= 4 is 0 Å². The van der Waals surface area contributed by atoms with Crippen LogP contribution < -0.4 is 10.1 Å². The topological polar surface area (TPSA) is 41.5 Å². The Balaban J connectivity index is 1.97. The second-order valence-corrected chi connectivity index (χ2v) is 7.81. The van der Waals surface area contributed by atoms with Gasteiger partial charge in [-0.3, -0.25) is 0 Å². The average Bonchev–Trinajstić information content (AvgIpc) is 2.79. The molecule has 2 N–H and O–H groups in total. The Morgan fingerprint density at radius 1 is 0.886 bits per heavy atom. The highest BCUT2D eigenvalue weighted by Crippen LogP contribution is 2.34. The Morgan fingerprint density at radius 3 is 2.14 bits per heavy atom. The first kappa shape index (κ1) is 26.5. The Morgan fingerprint density at radius 2 is 1.54 bits per heavy atom. The zero-order valence-electron chi connectivity index (χ0n) is 18.4. The lowest BCUT2D eigenvalue weighted by Crippen LogP contribution is -2.40. The van der Waals surface area contributed by atoms with Gasteiger partial charge in [0.15, 0.2) is 6.10 Å². The van der Waals surface area contributed by atoms with E-state index >= 15 is 0 Å². The molecule has 0 aromatic heterocycles. The van der Waals surface area contributed by atoms with Crippen molar-refractivity contribution in [2.75, 3.05) is 6.54 Å². The monoisotopic (exact) mass is 501 g/mol. The van der Waals surface area contributed by atoms with E-state index in [0.29, 0.717) is 11.8 Å². The molecule has 0 bridgehead atoms. The summed E-state index contributed by atoms with van der Waals surface area (Å²) in [7, 11) is 0. The second-order valence-electron chi connectivity index (χ2n) is 7.81. The number of aliphatic hydroxyl groups excluding tert-OH is 1. The predicted molar refractivity (Wildman–Crippen MR) is 116 cm³/mol. The number of halogens is 7. The van der Waals surface area contributed by atoms with Gasteiger partial charge in [-0.1, -0.05) is 37.3 Å². The van der Waals surface area contributed by atoms with Crippen molar-refractivity contribution in [3.63, 3.8) is 0 Å². The molecule has 0 radical (unpaired) electrons. The molecule has 35 heavy (non-hydrogen) atoms. The molecular weight excluding hydrogens is 479 g/mol. The maximum Gasteiger partial charge on any atom is 0.416 e. The SMILES string of the molecule is CCc1cccc(Oc2cccc(C(NCC(O)C(F)(F)F)c3ccc(C(F)(F)F)cc3F)c2)c1. The van der Waals surface area contributed by atoms with Gasteiger partial charge in [0.2, 0.25) is 0 Å². The van der Waals surface area contributed by atoms with Crippen LogP contribution in [0.25, 0.3) is 0 Å². The van der Waals surface area contributed by atoms with Gasteiger partial charge < -0.3 is 15.2 Å². The molecule has 3 aromatic rings. The van der Waals surface area contributed by atoms with Crippen LogP contribution in [0.5, 0.6) is 11.5 Å². The largest absolute Gasteiger partial charge is 0.457 e. The van der Waals surface area contributed by atoms with Gasteiger partial charge in [-0.15, -0.1) is 0 Å². The fourth-order valence-corrected chi connectivity index (χ4v) is 3.41. The standard InChI is InChI=1S/C25H22F7NO2/c1-2-15-5-3-7-18(11-15)35-19-8-4-6-16(12-19)23(33-14-22(34)25(30,31)32)20-10-9-17(13-21(20)26)24(27,28)29/h3-13,22-23,33-34H,2,14H2,1H3. The number of rotatable bonds is 8. The number of alkyl halides is 6. The molecule has 0 heterocycles. The van der Waals surface area contributed by atoms with E-state index < -0.39 is 42.4 Å². The molecule has 3 rings (SSSR count). The number of aryl methyl sites for hydroxylation is 1. The van der Waals surface area contributed by atoms with Crippen molar-refractivity contribution in [1.82, 2.24) is 5.32 Å². The molecule has 0 aliphatic carbocycles. The van der Waals surface area contributed by atoms with Gasteiger partial charge in [0, 0.05) is 12.1 Å². The lowest BCUT2D eigenvalue weighted by atomic mass is 9.96. The van der Waals surface area contributed by atoms with Gasteiger partial charge in [-0.25, -0.2) is 4.39 Å². The van der Waals surface area contributed by atoms with Gasteiger partial charge in [0.25, 0.3) is 0 Å². The third-order valence-electron chi connectivity index (χ3n) is 5.27. The van der Waals surface area contributed by atoms with E-state index in [9.17, 15) is 35.8 Å². The van der Waals surface area contributed by atoms with Crippen molar-refractivity contribution in [1.29, 1.82) is 0 Å². The highest BCUT2D eigenvalue weighted by Gasteiger charge is 2.38. The Kier molecular flexibility index (Phi) is 8.07. The van der Waals surface area contributed by atoms with Gasteiger partial charge >= 0.3 is 12.4 Å². The van der Waals surface area contributed by atoms with Crippen LogP contribution in [0, 0.1) is 5.82 Å². The summed E-state index contributed by atoms with van der Waals surface area (Å²) in [5.41, 5.74) is -0.327. The first-order valence-corrected chi connectivity index (χ1v) is 10.6.